The molecule has 0 spiro atoms. The van der Waals surface area contributed by atoms with E-state index >= 15 is 0 Å². The van der Waals surface area contributed by atoms with Gasteiger partial charge in [0.2, 0.25) is 0 Å². The summed E-state index contributed by atoms with van der Waals surface area (Å²) in [7, 11) is 1.69. The van der Waals surface area contributed by atoms with Gasteiger partial charge in [-0.05, 0) is 23.6 Å². The van der Waals surface area contributed by atoms with Gasteiger partial charge in [0.05, 0.1) is 25.5 Å². The molecule has 1 aromatic heterocycles. The maximum atomic E-state index is 5.67. The summed E-state index contributed by atoms with van der Waals surface area (Å²) >= 11 is 0. The molecule has 0 atom stereocenters. The SMILES string of the molecule is COc1ccc(C(C)C)cc1Cn1cc(N)cn1. The minimum atomic E-state index is 0.498. The molecule has 1 aromatic carbocycles. The van der Waals surface area contributed by atoms with Gasteiger partial charge < -0.3 is 10.5 Å². The van der Waals surface area contributed by atoms with Crippen molar-refractivity contribution in [1.82, 2.24) is 9.78 Å². The quantitative estimate of drug-likeness (QED) is 0.901. The molecule has 0 aliphatic heterocycles. The number of nitrogens with two attached hydrogens (primary N) is 1. The van der Waals surface area contributed by atoms with E-state index < -0.39 is 0 Å². The van der Waals surface area contributed by atoms with Crippen molar-refractivity contribution in [3.63, 3.8) is 0 Å². The Morgan fingerprint density at radius 1 is 1.39 bits per heavy atom. The third-order valence-corrected chi connectivity index (χ3v) is 2.96. The summed E-state index contributed by atoms with van der Waals surface area (Å²) in [6.45, 7) is 5.02. The molecule has 0 saturated carbocycles. The molecule has 2 aromatic rings. The summed E-state index contributed by atoms with van der Waals surface area (Å²) < 4.78 is 7.20. The highest BCUT2D eigenvalue weighted by Gasteiger charge is 2.08. The predicted octanol–water partition coefficient (Wildman–Crippen LogP) is 2.65. The molecule has 0 aliphatic rings. The highest BCUT2D eigenvalue weighted by atomic mass is 16.5. The van der Waals surface area contributed by atoms with Gasteiger partial charge in [-0.2, -0.15) is 5.10 Å². The lowest BCUT2D eigenvalue weighted by atomic mass is 10.0. The molecule has 1 heterocycles. The molecule has 0 unspecified atom stereocenters. The highest BCUT2D eigenvalue weighted by molar-refractivity contribution is 5.39. The van der Waals surface area contributed by atoms with Crippen LogP contribution in [0.4, 0.5) is 5.69 Å². The fourth-order valence-corrected chi connectivity index (χ4v) is 1.92. The second-order valence-corrected chi connectivity index (χ2v) is 4.70. The smallest absolute Gasteiger partial charge is 0.123 e. The second kappa shape index (κ2) is 5.12. The number of anilines is 1. The van der Waals surface area contributed by atoms with Gasteiger partial charge in [0, 0.05) is 11.8 Å². The zero-order chi connectivity index (χ0) is 13.1. The van der Waals surface area contributed by atoms with Gasteiger partial charge in [-0.3, -0.25) is 4.68 Å². The van der Waals surface area contributed by atoms with E-state index in [1.165, 1.54) is 5.56 Å². The van der Waals surface area contributed by atoms with Gasteiger partial charge in [0.25, 0.3) is 0 Å². The average molecular weight is 245 g/mol. The van der Waals surface area contributed by atoms with E-state index in [0.717, 1.165) is 11.3 Å². The van der Waals surface area contributed by atoms with Gasteiger partial charge in [-0.25, -0.2) is 0 Å². The number of nitrogen functional groups attached to an aromatic ring is 1. The van der Waals surface area contributed by atoms with Gasteiger partial charge in [0.15, 0.2) is 0 Å². The van der Waals surface area contributed by atoms with E-state index in [0.29, 0.717) is 18.2 Å². The number of benzene rings is 1. The van der Waals surface area contributed by atoms with Gasteiger partial charge in [-0.1, -0.05) is 19.9 Å². The van der Waals surface area contributed by atoms with Crippen molar-refractivity contribution in [1.29, 1.82) is 0 Å². The predicted molar refractivity (Wildman–Crippen MR) is 72.8 cm³/mol. The van der Waals surface area contributed by atoms with Gasteiger partial charge in [-0.15, -0.1) is 0 Å². The Hall–Kier alpha value is -1.97. The van der Waals surface area contributed by atoms with Crippen LogP contribution in [-0.2, 0) is 6.54 Å². The monoisotopic (exact) mass is 245 g/mol. The molecule has 18 heavy (non-hydrogen) atoms. The zero-order valence-corrected chi connectivity index (χ0v) is 11.1. The Balaban J connectivity index is 2.32. The third kappa shape index (κ3) is 2.64. The lowest BCUT2D eigenvalue weighted by Gasteiger charge is -2.12. The summed E-state index contributed by atoms with van der Waals surface area (Å²) in [6.07, 6.45) is 3.47. The van der Waals surface area contributed by atoms with Crippen LogP contribution in [0.2, 0.25) is 0 Å². The van der Waals surface area contributed by atoms with Crippen molar-refractivity contribution in [2.45, 2.75) is 26.3 Å². The molecular formula is C14H19N3O. The number of hydrogen-bond donors (Lipinski definition) is 1. The van der Waals surface area contributed by atoms with Crippen molar-refractivity contribution in [2.75, 3.05) is 12.8 Å². The van der Waals surface area contributed by atoms with Crippen LogP contribution in [0.25, 0.3) is 0 Å². The Bertz CT molecular complexity index is 532. The van der Waals surface area contributed by atoms with E-state index in [4.69, 9.17) is 10.5 Å². The van der Waals surface area contributed by atoms with Crippen molar-refractivity contribution in [3.05, 3.63) is 41.7 Å². The number of hydrogen-bond acceptors (Lipinski definition) is 3. The zero-order valence-electron chi connectivity index (χ0n) is 11.1. The van der Waals surface area contributed by atoms with Crippen LogP contribution in [-0.4, -0.2) is 16.9 Å². The minimum absolute atomic E-state index is 0.498. The minimum Gasteiger partial charge on any atom is -0.496 e. The van der Waals surface area contributed by atoms with Crippen LogP contribution < -0.4 is 10.5 Å². The molecule has 4 heteroatoms. The van der Waals surface area contributed by atoms with Crippen LogP contribution in [0.3, 0.4) is 0 Å². The summed E-state index contributed by atoms with van der Waals surface area (Å²) in [5.74, 6) is 1.38. The maximum absolute atomic E-state index is 5.67. The highest BCUT2D eigenvalue weighted by Crippen LogP contribution is 2.24. The van der Waals surface area contributed by atoms with Crippen LogP contribution in [0, 0.1) is 0 Å². The molecule has 4 nitrogen and oxygen atoms in total. The number of aromatic nitrogens is 2. The normalized spacial score (nSPS) is 10.9. The van der Waals surface area contributed by atoms with Gasteiger partial charge in [0.1, 0.15) is 5.75 Å². The van der Waals surface area contributed by atoms with Crippen LogP contribution >= 0.6 is 0 Å². The van der Waals surface area contributed by atoms with E-state index in [-0.39, 0.29) is 0 Å². The molecule has 0 radical (unpaired) electrons. The van der Waals surface area contributed by atoms with Crippen LogP contribution in [0.15, 0.2) is 30.6 Å². The third-order valence-electron chi connectivity index (χ3n) is 2.96. The fourth-order valence-electron chi connectivity index (χ4n) is 1.92. The summed E-state index contributed by atoms with van der Waals surface area (Å²) in [5.41, 5.74) is 8.76. The summed E-state index contributed by atoms with van der Waals surface area (Å²) in [5, 5.41) is 4.20. The Morgan fingerprint density at radius 3 is 2.72 bits per heavy atom. The molecule has 2 rings (SSSR count). The first kappa shape index (κ1) is 12.5. The summed E-state index contributed by atoms with van der Waals surface area (Å²) in [4.78, 5) is 0. The average Bonchev–Trinajstić information content (AvgIpc) is 2.74. The van der Waals surface area contributed by atoms with E-state index in [9.17, 15) is 0 Å². The molecule has 0 fully saturated rings. The molecule has 96 valence electrons. The summed E-state index contributed by atoms with van der Waals surface area (Å²) in [6, 6.07) is 6.28. The van der Waals surface area contributed by atoms with Crippen molar-refractivity contribution in [3.8, 4) is 5.75 Å². The van der Waals surface area contributed by atoms with Crippen molar-refractivity contribution < 1.29 is 4.74 Å². The van der Waals surface area contributed by atoms with Crippen LogP contribution in [0.1, 0.15) is 30.9 Å². The van der Waals surface area contributed by atoms with Crippen molar-refractivity contribution >= 4 is 5.69 Å². The molecular weight excluding hydrogens is 226 g/mol. The molecule has 0 amide bonds. The Labute approximate surface area is 107 Å². The first-order valence-corrected chi connectivity index (χ1v) is 6.05. The first-order valence-electron chi connectivity index (χ1n) is 6.05. The molecule has 0 aliphatic carbocycles. The molecule has 2 N–H and O–H groups in total. The van der Waals surface area contributed by atoms with E-state index in [1.807, 2.05) is 16.9 Å². The Morgan fingerprint density at radius 2 is 2.17 bits per heavy atom. The van der Waals surface area contributed by atoms with Gasteiger partial charge >= 0.3 is 0 Å². The largest absolute Gasteiger partial charge is 0.496 e. The first-order chi connectivity index (χ1) is 8.60. The molecule has 0 bridgehead atoms. The lowest BCUT2D eigenvalue weighted by molar-refractivity contribution is 0.407. The topological polar surface area (TPSA) is 53.1 Å². The standard InChI is InChI=1S/C14H19N3O/c1-10(2)11-4-5-14(18-3)12(6-11)8-17-9-13(15)7-16-17/h4-7,9-10H,8,15H2,1-3H3. The second-order valence-electron chi connectivity index (χ2n) is 4.70. The van der Waals surface area contributed by atoms with E-state index in [2.05, 4.69) is 31.1 Å². The molecule has 0 saturated heterocycles. The maximum Gasteiger partial charge on any atom is 0.123 e. The van der Waals surface area contributed by atoms with Crippen LogP contribution in [0.5, 0.6) is 5.75 Å². The fraction of sp³-hybridized carbons (Fsp3) is 0.357. The number of nitrogens with zero attached hydrogens (tertiary/aromatic N) is 2. The number of methoxy groups -OCH3 is 1. The van der Waals surface area contributed by atoms with Crippen molar-refractivity contribution in [2.24, 2.45) is 0 Å². The number of ether oxygens (including phenoxy) is 1. The van der Waals surface area contributed by atoms with E-state index in [1.54, 1.807) is 13.3 Å². The Kier molecular flexibility index (Phi) is 3.55. The lowest BCUT2D eigenvalue weighted by Crippen LogP contribution is -2.03. The number of rotatable bonds is 4.